The molecule has 31 heavy (non-hydrogen) atoms. The first-order valence-electron chi connectivity index (χ1n) is 10.2. The third-order valence-corrected chi connectivity index (χ3v) is 6.05. The lowest BCUT2D eigenvalue weighted by Crippen LogP contribution is -2.12. The van der Waals surface area contributed by atoms with E-state index in [4.69, 9.17) is 14.2 Å². The number of aromatic nitrogens is 2. The molecule has 0 radical (unpaired) electrons. The van der Waals surface area contributed by atoms with Crippen LogP contribution in [0, 0.1) is 0 Å². The van der Waals surface area contributed by atoms with Crippen molar-refractivity contribution in [2.45, 2.75) is 6.42 Å². The molecule has 3 heterocycles. The van der Waals surface area contributed by atoms with Crippen molar-refractivity contribution in [1.82, 2.24) is 9.97 Å². The van der Waals surface area contributed by atoms with Crippen molar-refractivity contribution in [3.05, 3.63) is 54.4 Å². The molecule has 0 bridgehead atoms. The zero-order chi connectivity index (χ0) is 21.5. The lowest BCUT2D eigenvalue weighted by atomic mass is 9.99. The lowest BCUT2D eigenvalue weighted by Gasteiger charge is -2.14. The maximum Gasteiger partial charge on any atom is 0.203 e. The van der Waals surface area contributed by atoms with E-state index in [0.717, 1.165) is 40.7 Å². The van der Waals surface area contributed by atoms with Crippen LogP contribution >= 0.6 is 0 Å². The van der Waals surface area contributed by atoms with Crippen LogP contribution in [0.3, 0.4) is 0 Å². The van der Waals surface area contributed by atoms with Gasteiger partial charge in [0.15, 0.2) is 11.5 Å². The van der Waals surface area contributed by atoms with Gasteiger partial charge in [0.25, 0.3) is 0 Å². The number of ether oxygens (including phenoxy) is 3. The van der Waals surface area contributed by atoms with Crippen LogP contribution in [0.25, 0.3) is 33.3 Å². The second kappa shape index (κ2) is 7.54. The molecule has 2 aromatic heterocycles. The molecule has 0 amide bonds. The first-order valence-corrected chi connectivity index (χ1v) is 10.2. The van der Waals surface area contributed by atoms with Gasteiger partial charge >= 0.3 is 0 Å². The predicted octanol–water partition coefficient (Wildman–Crippen LogP) is 4.92. The summed E-state index contributed by atoms with van der Waals surface area (Å²) in [6.07, 6.45) is 4.98. The number of nitrogens with zero attached hydrogens (tertiary/aromatic N) is 2. The summed E-state index contributed by atoms with van der Waals surface area (Å²) in [7, 11) is 7.00. The van der Waals surface area contributed by atoms with E-state index in [2.05, 4.69) is 46.2 Å². The molecule has 0 atom stereocenters. The molecule has 2 aromatic carbocycles. The van der Waals surface area contributed by atoms with Gasteiger partial charge in [-0.3, -0.25) is 0 Å². The van der Waals surface area contributed by atoms with Gasteiger partial charge in [0.1, 0.15) is 5.65 Å². The highest BCUT2D eigenvalue weighted by atomic mass is 16.5. The van der Waals surface area contributed by atoms with Gasteiger partial charge in [-0.1, -0.05) is 6.07 Å². The molecule has 6 nitrogen and oxygen atoms in total. The van der Waals surface area contributed by atoms with E-state index in [9.17, 15) is 0 Å². The van der Waals surface area contributed by atoms with Gasteiger partial charge in [-0.15, -0.1) is 0 Å². The van der Waals surface area contributed by atoms with Crippen LogP contribution in [0.2, 0.25) is 0 Å². The molecular weight excluding hydrogens is 390 g/mol. The van der Waals surface area contributed by atoms with Crippen LogP contribution in [0.4, 0.5) is 5.69 Å². The fourth-order valence-corrected chi connectivity index (χ4v) is 4.38. The minimum Gasteiger partial charge on any atom is -0.493 e. The van der Waals surface area contributed by atoms with Gasteiger partial charge < -0.3 is 24.1 Å². The van der Waals surface area contributed by atoms with E-state index < -0.39 is 0 Å². The SMILES string of the molecule is COc1cc(-c2cnc3[nH]cc(-c4ccc5c(c4)CCN5C)c3c2)cc(OC)c1OC. The molecule has 0 saturated heterocycles. The number of rotatable bonds is 5. The van der Waals surface area contributed by atoms with E-state index in [1.54, 1.807) is 21.3 Å². The molecule has 1 N–H and O–H groups in total. The number of hydrogen-bond acceptors (Lipinski definition) is 5. The largest absolute Gasteiger partial charge is 0.493 e. The normalized spacial score (nSPS) is 12.8. The molecule has 4 aromatic rings. The number of methoxy groups -OCH3 is 3. The second-order valence-electron chi connectivity index (χ2n) is 7.75. The highest BCUT2D eigenvalue weighted by Gasteiger charge is 2.18. The number of fused-ring (bicyclic) bond motifs is 2. The molecule has 1 aliphatic heterocycles. The minimum atomic E-state index is 0.577. The van der Waals surface area contributed by atoms with E-state index >= 15 is 0 Å². The summed E-state index contributed by atoms with van der Waals surface area (Å²) >= 11 is 0. The van der Waals surface area contributed by atoms with Crippen molar-refractivity contribution in [2.75, 3.05) is 39.8 Å². The first kappa shape index (κ1) is 19.3. The van der Waals surface area contributed by atoms with Crippen LogP contribution in [0.15, 0.2) is 48.8 Å². The molecule has 0 saturated carbocycles. The Balaban J connectivity index is 1.62. The standard InChI is InChI=1S/C25H25N3O3/c1-28-8-7-16-9-15(5-6-21(16)28)20-14-27-25-19(20)10-18(13-26-25)17-11-22(29-2)24(31-4)23(12-17)30-3/h5-6,9-14H,7-8H2,1-4H3,(H,26,27). The predicted molar refractivity (Wildman–Crippen MR) is 124 cm³/mol. The van der Waals surface area contributed by atoms with Crippen molar-refractivity contribution in [1.29, 1.82) is 0 Å². The number of pyridine rings is 1. The summed E-state index contributed by atoms with van der Waals surface area (Å²) in [5.41, 5.74) is 7.85. The number of hydrogen-bond donors (Lipinski definition) is 1. The van der Waals surface area contributed by atoms with Crippen molar-refractivity contribution < 1.29 is 14.2 Å². The Morgan fingerprint density at radius 2 is 1.68 bits per heavy atom. The van der Waals surface area contributed by atoms with Crippen molar-refractivity contribution in [3.63, 3.8) is 0 Å². The Labute approximate surface area is 181 Å². The molecule has 1 aliphatic rings. The third-order valence-electron chi connectivity index (χ3n) is 6.05. The highest BCUT2D eigenvalue weighted by molar-refractivity contribution is 5.96. The third kappa shape index (κ3) is 3.15. The Kier molecular flexibility index (Phi) is 4.70. The molecule has 0 unspecified atom stereocenters. The van der Waals surface area contributed by atoms with Crippen LogP contribution in [0.5, 0.6) is 17.2 Å². The van der Waals surface area contributed by atoms with Crippen molar-refractivity contribution in [2.24, 2.45) is 0 Å². The summed E-state index contributed by atoms with van der Waals surface area (Å²) in [6, 6.07) is 12.8. The molecule has 5 rings (SSSR count). The average Bonchev–Trinajstić information content (AvgIpc) is 3.40. The maximum absolute atomic E-state index is 5.52. The van der Waals surface area contributed by atoms with E-state index in [1.165, 1.54) is 16.8 Å². The second-order valence-corrected chi connectivity index (χ2v) is 7.75. The summed E-state index contributed by atoms with van der Waals surface area (Å²) < 4.78 is 16.5. The maximum atomic E-state index is 5.52. The van der Waals surface area contributed by atoms with Crippen LogP contribution in [-0.4, -0.2) is 44.9 Å². The number of anilines is 1. The number of likely N-dealkylation sites (N-methyl/N-ethyl adjacent to an activating group) is 1. The lowest BCUT2D eigenvalue weighted by molar-refractivity contribution is 0.324. The van der Waals surface area contributed by atoms with Crippen LogP contribution in [0.1, 0.15) is 5.56 Å². The zero-order valence-electron chi connectivity index (χ0n) is 18.2. The molecule has 0 fully saturated rings. The number of aromatic amines is 1. The average molecular weight is 415 g/mol. The molecular formula is C25H25N3O3. The fraction of sp³-hybridized carbons (Fsp3) is 0.240. The monoisotopic (exact) mass is 415 g/mol. The topological polar surface area (TPSA) is 59.6 Å². The first-order chi connectivity index (χ1) is 15.1. The van der Waals surface area contributed by atoms with Crippen LogP contribution < -0.4 is 19.1 Å². The van der Waals surface area contributed by atoms with Crippen molar-refractivity contribution >= 4 is 16.7 Å². The number of H-pyrrole nitrogens is 1. The molecule has 0 aliphatic carbocycles. The summed E-state index contributed by atoms with van der Waals surface area (Å²) in [6.45, 7) is 1.07. The van der Waals surface area contributed by atoms with Gasteiger partial charge in [-0.05, 0) is 53.4 Å². The highest BCUT2D eigenvalue weighted by Crippen LogP contribution is 2.42. The van der Waals surface area contributed by atoms with Gasteiger partial charge in [-0.2, -0.15) is 0 Å². The summed E-state index contributed by atoms with van der Waals surface area (Å²) in [5.74, 6) is 1.82. The molecule has 0 spiro atoms. The van der Waals surface area contributed by atoms with E-state index in [1.807, 2.05) is 24.5 Å². The zero-order valence-corrected chi connectivity index (χ0v) is 18.2. The van der Waals surface area contributed by atoms with Gasteiger partial charge in [-0.25, -0.2) is 4.98 Å². The van der Waals surface area contributed by atoms with Crippen LogP contribution in [-0.2, 0) is 6.42 Å². The quantitative estimate of drug-likeness (QED) is 0.502. The fourth-order valence-electron chi connectivity index (χ4n) is 4.38. The molecule has 6 heteroatoms. The Morgan fingerprint density at radius 1 is 0.903 bits per heavy atom. The number of nitrogens with one attached hydrogen (secondary N) is 1. The Bertz CT molecular complexity index is 1250. The smallest absolute Gasteiger partial charge is 0.203 e. The number of benzene rings is 2. The van der Waals surface area contributed by atoms with E-state index in [-0.39, 0.29) is 0 Å². The summed E-state index contributed by atoms with van der Waals surface area (Å²) in [5, 5.41) is 1.08. The Hall–Kier alpha value is -3.67. The van der Waals surface area contributed by atoms with Gasteiger partial charge in [0.05, 0.1) is 21.3 Å². The molecule has 158 valence electrons. The van der Waals surface area contributed by atoms with E-state index in [0.29, 0.717) is 17.2 Å². The van der Waals surface area contributed by atoms with Gasteiger partial charge in [0, 0.05) is 48.2 Å². The van der Waals surface area contributed by atoms with Crippen molar-refractivity contribution in [3.8, 4) is 39.5 Å². The Morgan fingerprint density at radius 3 is 2.39 bits per heavy atom. The van der Waals surface area contributed by atoms with Gasteiger partial charge in [0.2, 0.25) is 5.75 Å². The minimum absolute atomic E-state index is 0.577. The summed E-state index contributed by atoms with van der Waals surface area (Å²) in [4.78, 5) is 10.3.